The Labute approximate surface area is 111 Å². The number of alkyl halides is 1. The van der Waals surface area contributed by atoms with Gasteiger partial charge in [0.2, 0.25) is 0 Å². The fourth-order valence-corrected chi connectivity index (χ4v) is 1.78. The largest absolute Gasteiger partial charge is 0.491 e. The SMILES string of the molecule is O=C(Nc1cccc(OCCF)c1)C1CNCCO1. The van der Waals surface area contributed by atoms with Crippen molar-refractivity contribution in [1.82, 2.24) is 5.32 Å². The number of carbonyl (C=O) groups is 1. The van der Waals surface area contributed by atoms with E-state index in [1.54, 1.807) is 24.3 Å². The molecule has 1 aromatic rings. The lowest BCUT2D eigenvalue weighted by Gasteiger charge is -2.22. The fourth-order valence-electron chi connectivity index (χ4n) is 1.78. The maximum atomic E-state index is 12.0. The van der Waals surface area contributed by atoms with E-state index in [2.05, 4.69) is 10.6 Å². The first kappa shape index (κ1) is 13.8. The van der Waals surface area contributed by atoms with Crippen LogP contribution in [0.4, 0.5) is 10.1 Å². The van der Waals surface area contributed by atoms with Crippen LogP contribution in [-0.4, -0.2) is 45.0 Å². The maximum Gasteiger partial charge on any atom is 0.254 e. The first-order valence-electron chi connectivity index (χ1n) is 6.21. The Morgan fingerprint density at radius 2 is 2.47 bits per heavy atom. The van der Waals surface area contributed by atoms with Crippen LogP contribution in [-0.2, 0) is 9.53 Å². The minimum absolute atomic E-state index is 0.00700. The number of ether oxygens (including phenoxy) is 2. The number of hydrogen-bond donors (Lipinski definition) is 2. The van der Waals surface area contributed by atoms with Gasteiger partial charge >= 0.3 is 0 Å². The molecule has 1 aliphatic heterocycles. The topological polar surface area (TPSA) is 59.6 Å². The smallest absolute Gasteiger partial charge is 0.254 e. The van der Waals surface area contributed by atoms with Gasteiger partial charge in [0, 0.05) is 24.8 Å². The molecule has 1 aromatic carbocycles. The van der Waals surface area contributed by atoms with Crippen LogP contribution in [0.3, 0.4) is 0 Å². The van der Waals surface area contributed by atoms with Crippen LogP contribution >= 0.6 is 0 Å². The zero-order valence-electron chi connectivity index (χ0n) is 10.5. The molecule has 0 aliphatic carbocycles. The van der Waals surface area contributed by atoms with Crippen LogP contribution in [0.1, 0.15) is 0 Å². The summed E-state index contributed by atoms with van der Waals surface area (Å²) in [6.07, 6.45) is -0.482. The van der Waals surface area contributed by atoms with Crippen molar-refractivity contribution in [2.24, 2.45) is 0 Å². The van der Waals surface area contributed by atoms with Crippen molar-refractivity contribution in [3.8, 4) is 5.75 Å². The highest BCUT2D eigenvalue weighted by Gasteiger charge is 2.21. The third kappa shape index (κ3) is 4.18. The molecule has 0 spiro atoms. The second-order valence-corrected chi connectivity index (χ2v) is 4.12. The van der Waals surface area contributed by atoms with Gasteiger partial charge < -0.3 is 20.1 Å². The summed E-state index contributed by atoms with van der Waals surface area (Å²) in [5.41, 5.74) is 0.607. The summed E-state index contributed by atoms with van der Waals surface area (Å²) in [4.78, 5) is 11.9. The van der Waals surface area contributed by atoms with Gasteiger partial charge in [0.25, 0.3) is 5.91 Å². The van der Waals surface area contributed by atoms with E-state index in [-0.39, 0.29) is 12.5 Å². The molecule has 2 N–H and O–H groups in total. The molecule has 5 nitrogen and oxygen atoms in total. The van der Waals surface area contributed by atoms with Crippen LogP contribution in [0, 0.1) is 0 Å². The molecule has 1 aliphatic rings. The van der Waals surface area contributed by atoms with Crippen molar-refractivity contribution in [1.29, 1.82) is 0 Å². The van der Waals surface area contributed by atoms with Crippen molar-refractivity contribution < 1.29 is 18.7 Å². The highest BCUT2D eigenvalue weighted by Crippen LogP contribution is 2.17. The monoisotopic (exact) mass is 268 g/mol. The molecule has 1 fully saturated rings. The lowest BCUT2D eigenvalue weighted by molar-refractivity contribution is -0.128. The molecule has 0 aromatic heterocycles. The molecule has 0 bridgehead atoms. The lowest BCUT2D eigenvalue weighted by Crippen LogP contribution is -2.45. The maximum absolute atomic E-state index is 12.0. The number of anilines is 1. The normalized spacial score (nSPS) is 18.9. The Bertz CT molecular complexity index is 422. The number of halogens is 1. The zero-order chi connectivity index (χ0) is 13.5. The van der Waals surface area contributed by atoms with Crippen molar-refractivity contribution in [3.63, 3.8) is 0 Å². The molecule has 1 saturated heterocycles. The Hall–Kier alpha value is -1.66. The van der Waals surface area contributed by atoms with E-state index in [9.17, 15) is 9.18 Å². The molecule has 1 heterocycles. The van der Waals surface area contributed by atoms with Gasteiger partial charge in [0.1, 0.15) is 25.1 Å². The number of morpholine rings is 1. The summed E-state index contributed by atoms with van der Waals surface area (Å²) >= 11 is 0. The quantitative estimate of drug-likeness (QED) is 0.835. The molecule has 1 amide bonds. The van der Waals surface area contributed by atoms with E-state index in [0.29, 0.717) is 24.6 Å². The summed E-state index contributed by atoms with van der Waals surface area (Å²) in [5.74, 6) is 0.327. The van der Waals surface area contributed by atoms with Gasteiger partial charge in [-0.05, 0) is 12.1 Å². The predicted molar refractivity (Wildman–Crippen MR) is 69.2 cm³/mol. The molecular formula is C13H17FN2O3. The predicted octanol–water partition coefficient (Wildman–Crippen LogP) is 0.962. The minimum atomic E-state index is -0.543. The van der Waals surface area contributed by atoms with Gasteiger partial charge in [-0.1, -0.05) is 6.07 Å². The number of rotatable bonds is 5. The number of carbonyl (C=O) groups excluding carboxylic acids is 1. The first-order valence-corrected chi connectivity index (χ1v) is 6.21. The molecule has 19 heavy (non-hydrogen) atoms. The van der Waals surface area contributed by atoms with Crippen LogP contribution in [0.25, 0.3) is 0 Å². The van der Waals surface area contributed by atoms with E-state index in [1.165, 1.54) is 0 Å². The van der Waals surface area contributed by atoms with Crippen LogP contribution in [0.5, 0.6) is 5.75 Å². The van der Waals surface area contributed by atoms with Crippen molar-refractivity contribution >= 4 is 11.6 Å². The van der Waals surface area contributed by atoms with Gasteiger partial charge in [-0.2, -0.15) is 0 Å². The van der Waals surface area contributed by atoms with Crippen molar-refractivity contribution in [2.45, 2.75) is 6.10 Å². The molecule has 6 heteroatoms. The average molecular weight is 268 g/mol. The van der Waals surface area contributed by atoms with Gasteiger partial charge in [-0.3, -0.25) is 4.79 Å². The van der Waals surface area contributed by atoms with E-state index >= 15 is 0 Å². The van der Waals surface area contributed by atoms with Gasteiger partial charge in [0.15, 0.2) is 0 Å². The number of amides is 1. The number of hydrogen-bond acceptors (Lipinski definition) is 4. The van der Waals surface area contributed by atoms with E-state index in [0.717, 1.165) is 6.54 Å². The second kappa shape index (κ2) is 7.06. The van der Waals surface area contributed by atoms with Crippen molar-refractivity contribution in [2.75, 3.05) is 38.3 Å². The molecule has 0 radical (unpaired) electrons. The Kier molecular flexibility index (Phi) is 5.11. The lowest BCUT2D eigenvalue weighted by atomic mass is 10.2. The highest BCUT2D eigenvalue weighted by atomic mass is 19.1. The number of nitrogens with one attached hydrogen (secondary N) is 2. The van der Waals surface area contributed by atoms with E-state index < -0.39 is 12.8 Å². The van der Waals surface area contributed by atoms with Crippen molar-refractivity contribution in [3.05, 3.63) is 24.3 Å². The van der Waals surface area contributed by atoms with E-state index in [1.807, 2.05) is 0 Å². The Balaban J connectivity index is 1.92. The minimum Gasteiger partial charge on any atom is -0.491 e. The van der Waals surface area contributed by atoms with E-state index in [4.69, 9.17) is 9.47 Å². The van der Waals surface area contributed by atoms with Crippen LogP contribution < -0.4 is 15.4 Å². The average Bonchev–Trinajstić information content (AvgIpc) is 2.46. The third-order valence-electron chi connectivity index (χ3n) is 2.67. The Morgan fingerprint density at radius 1 is 1.58 bits per heavy atom. The number of benzene rings is 1. The first-order chi connectivity index (χ1) is 9.29. The third-order valence-corrected chi connectivity index (χ3v) is 2.67. The van der Waals surface area contributed by atoms with Gasteiger partial charge in [0.05, 0.1) is 6.61 Å². The molecule has 2 rings (SSSR count). The van der Waals surface area contributed by atoms with Gasteiger partial charge in [-0.25, -0.2) is 4.39 Å². The van der Waals surface area contributed by atoms with Crippen LogP contribution in [0.15, 0.2) is 24.3 Å². The standard InChI is InChI=1S/C13H17FN2O3/c14-4-6-18-11-3-1-2-10(8-11)16-13(17)12-9-15-5-7-19-12/h1-3,8,12,15H,4-7,9H2,(H,16,17). The molecule has 104 valence electrons. The molecule has 1 atom stereocenters. The molecular weight excluding hydrogens is 251 g/mol. The summed E-state index contributed by atoms with van der Waals surface area (Å²) in [6, 6.07) is 6.85. The summed E-state index contributed by atoms with van der Waals surface area (Å²) in [7, 11) is 0. The fraction of sp³-hybridized carbons (Fsp3) is 0.462. The van der Waals surface area contributed by atoms with Crippen LogP contribution in [0.2, 0.25) is 0 Å². The highest BCUT2D eigenvalue weighted by molar-refractivity contribution is 5.94. The van der Waals surface area contributed by atoms with Gasteiger partial charge in [-0.15, -0.1) is 0 Å². The Morgan fingerprint density at radius 3 is 3.21 bits per heavy atom. The molecule has 0 saturated carbocycles. The molecule has 1 unspecified atom stereocenters. The summed E-state index contributed by atoms with van der Waals surface area (Å²) in [5, 5.41) is 5.84. The zero-order valence-corrected chi connectivity index (χ0v) is 10.5. The second-order valence-electron chi connectivity index (χ2n) is 4.12. The summed E-state index contributed by atoms with van der Waals surface area (Å²) in [6.45, 7) is 1.25. The summed E-state index contributed by atoms with van der Waals surface area (Å²) < 4.78 is 22.5.